The Morgan fingerprint density at radius 1 is 1.15 bits per heavy atom. The molecular formula is C20H23N7O5S2. The van der Waals surface area contributed by atoms with Crippen molar-refractivity contribution in [3.8, 4) is 11.1 Å². The summed E-state index contributed by atoms with van der Waals surface area (Å²) in [5.41, 5.74) is 7.56. The molecule has 0 unspecified atom stereocenters. The molecule has 1 aliphatic rings. The molecule has 0 aliphatic carbocycles. The number of aliphatic hydroxyl groups is 1. The molecule has 1 aromatic heterocycles. The molecule has 0 radical (unpaired) electrons. The number of primary sulfonamides is 1. The van der Waals surface area contributed by atoms with Crippen molar-refractivity contribution in [3.05, 3.63) is 41.7 Å². The number of sulfone groups is 1. The summed E-state index contributed by atoms with van der Waals surface area (Å²) < 4.78 is 51.9. The first-order valence-electron chi connectivity index (χ1n) is 10.3. The first-order chi connectivity index (χ1) is 16.1. The van der Waals surface area contributed by atoms with E-state index in [1.807, 2.05) is 0 Å². The lowest BCUT2D eigenvalue weighted by atomic mass is 9.97. The summed E-state index contributed by atoms with van der Waals surface area (Å²) in [6.45, 7) is 1.72. The summed E-state index contributed by atoms with van der Waals surface area (Å²) in [6.07, 6.45) is -1.02. The maximum atomic E-state index is 13.1. The van der Waals surface area contributed by atoms with Gasteiger partial charge in [0.2, 0.25) is 10.0 Å². The predicted octanol–water partition coefficient (Wildman–Crippen LogP) is 1.05. The molecule has 3 aromatic rings. The summed E-state index contributed by atoms with van der Waals surface area (Å²) in [6, 6.07) is 7.84. The van der Waals surface area contributed by atoms with Crippen molar-refractivity contribution in [2.75, 3.05) is 12.4 Å². The number of H-pyrrole nitrogens is 1. The van der Waals surface area contributed by atoms with Crippen molar-refractivity contribution in [2.24, 2.45) is 26.1 Å². The van der Waals surface area contributed by atoms with Gasteiger partial charge in [0.15, 0.2) is 22.3 Å². The minimum Gasteiger partial charge on any atom is -0.392 e. The number of azo groups is 1. The number of nitrogens with one attached hydrogen (secondary N) is 1. The van der Waals surface area contributed by atoms with Crippen LogP contribution in [0.5, 0.6) is 0 Å². The van der Waals surface area contributed by atoms with E-state index in [4.69, 9.17) is 10.9 Å². The van der Waals surface area contributed by atoms with E-state index in [-0.39, 0.29) is 31.0 Å². The molecule has 0 fully saturated rings. The standard InChI is InChI=1S/C20H23N7O5S2/c1-2-11(28)9-33(29,30)15-7-6-12(13-4-3-5-14-18(13)26-16(8-21)25-14)17(19(15)34(22,31)32)20-23-10-24-27-20/h3-7,11,28H,2,8-10,21H2,1H3,(H,25,26)(H2,22,31,32)/t11-/m0/s1. The van der Waals surface area contributed by atoms with Gasteiger partial charge >= 0.3 is 0 Å². The number of sulfonamides is 1. The fourth-order valence-corrected chi connectivity index (χ4v) is 6.90. The Hall–Kier alpha value is -3.04. The highest BCUT2D eigenvalue weighted by atomic mass is 32.2. The number of aromatic amines is 1. The van der Waals surface area contributed by atoms with Crippen LogP contribution < -0.4 is 10.9 Å². The van der Waals surface area contributed by atoms with E-state index in [0.717, 1.165) is 6.07 Å². The Balaban J connectivity index is 2.10. The highest BCUT2D eigenvalue weighted by molar-refractivity contribution is 7.93. The highest BCUT2D eigenvalue weighted by Crippen LogP contribution is 2.37. The number of aliphatic imine (C=N–C) groups is 1. The zero-order chi connectivity index (χ0) is 24.7. The number of nitrogens with two attached hydrogens (primary N) is 2. The Labute approximate surface area is 195 Å². The van der Waals surface area contributed by atoms with Crippen molar-refractivity contribution in [1.82, 2.24) is 9.97 Å². The lowest BCUT2D eigenvalue weighted by Gasteiger charge is -2.18. The molecule has 0 saturated heterocycles. The Bertz CT molecular complexity index is 1540. The summed E-state index contributed by atoms with van der Waals surface area (Å²) in [7, 11) is -8.86. The number of hydrogen-bond donors (Lipinski definition) is 4. The number of aliphatic hydroxyl groups excluding tert-OH is 1. The molecule has 0 spiro atoms. The maximum absolute atomic E-state index is 13.1. The SMILES string of the molecule is CC[C@H](O)CS(=O)(=O)c1ccc(-c2cccc3[nH]c(CN)nc23)c(C2=NCN=N2)c1S(N)(=O)=O. The third-order valence-corrected chi connectivity index (χ3v) is 8.30. The third-order valence-electron chi connectivity index (χ3n) is 5.34. The fraction of sp³-hybridized carbons (Fsp3) is 0.300. The number of nitrogens with zero attached hydrogens (tertiary/aromatic N) is 4. The molecule has 0 bridgehead atoms. The van der Waals surface area contributed by atoms with Crippen LogP contribution in [0.2, 0.25) is 0 Å². The summed E-state index contributed by atoms with van der Waals surface area (Å²) in [5, 5.41) is 23.2. The second-order valence-corrected chi connectivity index (χ2v) is 11.2. The van der Waals surface area contributed by atoms with Gasteiger partial charge < -0.3 is 15.8 Å². The number of fused-ring (bicyclic) bond motifs is 1. The molecule has 0 saturated carbocycles. The van der Waals surface area contributed by atoms with Gasteiger partial charge in [-0.25, -0.2) is 32.0 Å². The van der Waals surface area contributed by atoms with Crippen molar-refractivity contribution in [2.45, 2.75) is 35.8 Å². The molecule has 2 heterocycles. The highest BCUT2D eigenvalue weighted by Gasteiger charge is 2.33. The number of amidine groups is 1. The molecule has 4 rings (SSSR count). The minimum atomic E-state index is -4.60. The van der Waals surface area contributed by atoms with Crippen LogP contribution in [0.25, 0.3) is 22.2 Å². The van der Waals surface area contributed by atoms with Crippen LogP contribution in [-0.4, -0.2) is 56.3 Å². The van der Waals surface area contributed by atoms with Crippen molar-refractivity contribution >= 4 is 36.7 Å². The van der Waals surface area contributed by atoms with Gasteiger partial charge in [0.1, 0.15) is 10.7 Å². The average molecular weight is 506 g/mol. The van der Waals surface area contributed by atoms with Gasteiger partial charge in [0.05, 0.1) is 39.9 Å². The second kappa shape index (κ2) is 8.96. The first-order valence-corrected chi connectivity index (χ1v) is 13.5. The molecule has 1 atom stereocenters. The number of rotatable bonds is 8. The van der Waals surface area contributed by atoms with Gasteiger partial charge in [-0.05, 0) is 24.1 Å². The van der Waals surface area contributed by atoms with Gasteiger partial charge in [0, 0.05) is 5.56 Å². The lowest BCUT2D eigenvalue weighted by Crippen LogP contribution is -2.25. The van der Waals surface area contributed by atoms with Crippen LogP contribution in [0.4, 0.5) is 0 Å². The topological polar surface area (TPSA) is 206 Å². The summed E-state index contributed by atoms with van der Waals surface area (Å²) in [5.74, 6) is -0.229. The molecule has 1 aliphatic heterocycles. The lowest BCUT2D eigenvalue weighted by molar-refractivity contribution is 0.193. The van der Waals surface area contributed by atoms with Gasteiger partial charge in [0.25, 0.3) is 0 Å². The molecule has 6 N–H and O–H groups in total. The van der Waals surface area contributed by atoms with Crippen LogP contribution in [0, 0.1) is 0 Å². The van der Waals surface area contributed by atoms with Gasteiger partial charge in [-0.15, -0.1) is 5.11 Å². The van der Waals surface area contributed by atoms with Crippen LogP contribution in [-0.2, 0) is 26.4 Å². The number of aromatic nitrogens is 2. The Morgan fingerprint density at radius 3 is 2.53 bits per heavy atom. The van der Waals surface area contributed by atoms with Crippen LogP contribution >= 0.6 is 0 Å². The monoisotopic (exact) mass is 505 g/mol. The van der Waals surface area contributed by atoms with Crippen molar-refractivity contribution in [1.29, 1.82) is 0 Å². The predicted molar refractivity (Wildman–Crippen MR) is 125 cm³/mol. The van der Waals surface area contributed by atoms with Crippen LogP contribution in [0.1, 0.15) is 24.7 Å². The van der Waals surface area contributed by atoms with E-state index in [1.165, 1.54) is 6.07 Å². The van der Waals surface area contributed by atoms with Crippen molar-refractivity contribution < 1.29 is 21.9 Å². The molecular weight excluding hydrogens is 482 g/mol. The average Bonchev–Trinajstić information content (AvgIpc) is 3.46. The maximum Gasteiger partial charge on any atom is 0.240 e. The summed E-state index contributed by atoms with van der Waals surface area (Å²) >= 11 is 0. The number of benzene rings is 2. The number of para-hydroxylation sites is 1. The molecule has 180 valence electrons. The Kier molecular flexibility index (Phi) is 6.35. The number of hydrogen-bond acceptors (Lipinski definition) is 10. The first kappa shape index (κ1) is 24.1. The smallest absolute Gasteiger partial charge is 0.240 e. The number of imidazole rings is 1. The zero-order valence-electron chi connectivity index (χ0n) is 18.1. The third kappa shape index (κ3) is 4.37. The van der Waals surface area contributed by atoms with E-state index in [1.54, 1.807) is 25.1 Å². The van der Waals surface area contributed by atoms with Gasteiger partial charge in [-0.3, -0.25) is 0 Å². The Morgan fingerprint density at radius 2 is 1.91 bits per heavy atom. The molecule has 12 nitrogen and oxygen atoms in total. The quantitative estimate of drug-likeness (QED) is 0.349. The van der Waals surface area contributed by atoms with E-state index in [2.05, 4.69) is 25.2 Å². The zero-order valence-corrected chi connectivity index (χ0v) is 19.8. The fourth-order valence-electron chi connectivity index (χ4n) is 3.75. The largest absolute Gasteiger partial charge is 0.392 e. The molecule has 34 heavy (non-hydrogen) atoms. The molecule has 0 amide bonds. The molecule has 14 heteroatoms. The van der Waals surface area contributed by atoms with E-state index >= 15 is 0 Å². The van der Waals surface area contributed by atoms with Crippen LogP contribution in [0.3, 0.4) is 0 Å². The normalized spacial score (nSPS) is 15.1. The van der Waals surface area contributed by atoms with Crippen LogP contribution in [0.15, 0.2) is 55.3 Å². The van der Waals surface area contributed by atoms with Gasteiger partial charge in [-0.2, -0.15) is 5.11 Å². The van der Waals surface area contributed by atoms with Gasteiger partial charge in [-0.1, -0.05) is 25.1 Å². The second-order valence-electron chi connectivity index (χ2n) is 7.66. The van der Waals surface area contributed by atoms with E-state index in [0.29, 0.717) is 28.0 Å². The summed E-state index contributed by atoms with van der Waals surface area (Å²) in [4.78, 5) is 10.5. The van der Waals surface area contributed by atoms with Crippen molar-refractivity contribution in [3.63, 3.8) is 0 Å². The van der Waals surface area contributed by atoms with E-state index in [9.17, 15) is 21.9 Å². The minimum absolute atomic E-state index is 0.0473. The van der Waals surface area contributed by atoms with E-state index < -0.39 is 41.5 Å². The molecule has 2 aromatic carbocycles.